The van der Waals surface area contributed by atoms with Crippen LogP contribution in [0.2, 0.25) is 0 Å². The number of anilines is 1. The van der Waals surface area contributed by atoms with Crippen molar-refractivity contribution in [3.63, 3.8) is 0 Å². The number of carbonyl (C=O) groups is 2. The second-order valence-corrected chi connectivity index (χ2v) is 7.52. The van der Waals surface area contributed by atoms with Crippen molar-refractivity contribution in [1.82, 2.24) is 9.88 Å². The lowest BCUT2D eigenvalue weighted by Crippen LogP contribution is -2.31. The van der Waals surface area contributed by atoms with Crippen LogP contribution in [0.5, 0.6) is 0 Å². The van der Waals surface area contributed by atoms with Crippen LogP contribution < -0.4 is 5.32 Å². The van der Waals surface area contributed by atoms with Gasteiger partial charge in [0.05, 0.1) is 36.1 Å². The summed E-state index contributed by atoms with van der Waals surface area (Å²) in [7, 11) is 1.28. The number of methoxy groups -OCH3 is 1. The van der Waals surface area contributed by atoms with E-state index in [9.17, 15) is 9.59 Å². The standard InChI is InChI=1S/C21H19N3O4S/c1-28-21(27)15-12-24(10-11-25)20(26)18(15)22-14-8-6-13(7-9-14)19-23-16-4-2-3-5-17(16)29-19/h2-9,22,25H,10-12H2,1H3. The minimum Gasteiger partial charge on any atom is -0.466 e. The number of benzene rings is 2. The van der Waals surface area contributed by atoms with E-state index in [4.69, 9.17) is 9.84 Å². The molecule has 0 bridgehead atoms. The molecule has 0 unspecified atom stereocenters. The lowest BCUT2D eigenvalue weighted by molar-refractivity contribution is -0.136. The molecule has 2 heterocycles. The number of carbonyl (C=O) groups excluding carboxylic acids is 2. The third kappa shape index (κ3) is 3.72. The van der Waals surface area contributed by atoms with Crippen LogP contribution in [0, 0.1) is 0 Å². The second-order valence-electron chi connectivity index (χ2n) is 6.48. The highest BCUT2D eigenvalue weighted by Gasteiger charge is 2.34. The quantitative estimate of drug-likeness (QED) is 0.608. The number of ether oxygens (including phenoxy) is 1. The number of β-amino-alcohol motifs (C(OH)–C–C–N with tert-alkyl or cyclic N) is 1. The topological polar surface area (TPSA) is 91.8 Å². The number of hydrogen-bond donors (Lipinski definition) is 2. The van der Waals surface area contributed by atoms with Crippen molar-refractivity contribution in [2.75, 3.05) is 32.1 Å². The van der Waals surface area contributed by atoms with Crippen LogP contribution in [0.3, 0.4) is 0 Å². The molecule has 0 spiro atoms. The predicted molar refractivity (Wildman–Crippen MR) is 111 cm³/mol. The fourth-order valence-electron chi connectivity index (χ4n) is 3.19. The van der Waals surface area contributed by atoms with E-state index < -0.39 is 5.97 Å². The Kier molecular flexibility index (Phi) is 5.28. The molecule has 2 aromatic carbocycles. The van der Waals surface area contributed by atoms with Gasteiger partial charge in [0, 0.05) is 17.8 Å². The first-order valence-corrected chi connectivity index (χ1v) is 9.87. The molecule has 0 fully saturated rings. The molecule has 148 valence electrons. The van der Waals surface area contributed by atoms with Gasteiger partial charge in [0.1, 0.15) is 10.7 Å². The van der Waals surface area contributed by atoms with Crippen LogP contribution in [0.25, 0.3) is 20.8 Å². The van der Waals surface area contributed by atoms with Crippen molar-refractivity contribution in [3.05, 3.63) is 59.8 Å². The SMILES string of the molecule is COC(=O)C1=C(Nc2ccc(-c3nc4ccccc4s3)cc2)C(=O)N(CCO)C1. The van der Waals surface area contributed by atoms with E-state index >= 15 is 0 Å². The first kappa shape index (κ1) is 19.1. The summed E-state index contributed by atoms with van der Waals surface area (Å²) >= 11 is 1.62. The summed E-state index contributed by atoms with van der Waals surface area (Å²) in [5, 5.41) is 13.1. The Morgan fingerprint density at radius 3 is 2.69 bits per heavy atom. The number of amides is 1. The van der Waals surface area contributed by atoms with Gasteiger partial charge in [-0.1, -0.05) is 12.1 Å². The first-order valence-electron chi connectivity index (χ1n) is 9.05. The van der Waals surface area contributed by atoms with E-state index in [2.05, 4.69) is 10.3 Å². The molecule has 0 radical (unpaired) electrons. The number of aromatic nitrogens is 1. The van der Waals surface area contributed by atoms with Crippen molar-refractivity contribution < 1.29 is 19.4 Å². The summed E-state index contributed by atoms with van der Waals surface area (Å²) in [5.74, 6) is -0.901. The van der Waals surface area contributed by atoms with E-state index in [1.807, 2.05) is 48.5 Å². The Bertz CT molecular complexity index is 1070. The molecule has 1 aliphatic rings. The van der Waals surface area contributed by atoms with Crippen LogP contribution in [-0.2, 0) is 14.3 Å². The Labute approximate surface area is 171 Å². The van der Waals surface area contributed by atoms with Gasteiger partial charge in [0.2, 0.25) is 0 Å². The highest BCUT2D eigenvalue weighted by Crippen LogP contribution is 2.31. The number of aliphatic hydroxyl groups is 1. The molecule has 4 rings (SSSR count). The smallest absolute Gasteiger partial charge is 0.337 e. The Morgan fingerprint density at radius 2 is 2.00 bits per heavy atom. The fourth-order valence-corrected chi connectivity index (χ4v) is 4.16. The molecule has 1 aromatic heterocycles. The van der Waals surface area contributed by atoms with Crippen LogP contribution in [0.4, 0.5) is 5.69 Å². The molecular weight excluding hydrogens is 390 g/mol. The molecule has 7 nitrogen and oxygen atoms in total. The van der Waals surface area contributed by atoms with Crippen LogP contribution in [0.15, 0.2) is 59.8 Å². The summed E-state index contributed by atoms with van der Waals surface area (Å²) in [6.45, 7) is 0.0869. The van der Waals surface area contributed by atoms with E-state index in [0.717, 1.165) is 20.8 Å². The maximum Gasteiger partial charge on any atom is 0.337 e. The van der Waals surface area contributed by atoms with Gasteiger partial charge in [-0.3, -0.25) is 4.79 Å². The summed E-state index contributed by atoms with van der Waals surface area (Å²) in [5.41, 5.74) is 3.03. The van der Waals surface area contributed by atoms with E-state index in [1.54, 1.807) is 11.3 Å². The summed E-state index contributed by atoms with van der Waals surface area (Å²) in [6, 6.07) is 15.5. The molecule has 8 heteroatoms. The fraction of sp³-hybridized carbons (Fsp3) is 0.190. The van der Waals surface area contributed by atoms with E-state index in [1.165, 1.54) is 12.0 Å². The molecule has 29 heavy (non-hydrogen) atoms. The molecule has 0 atom stereocenters. The third-order valence-corrected chi connectivity index (χ3v) is 5.73. The van der Waals surface area contributed by atoms with Gasteiger partial charge in [-0.05, 0) is 36.4 Å². The number of thiazole rings is 1. The van der Waals surface area contributed by atoms with Gasteiger partial charge < -0.3 is 20.1 Å². The maximum absolute atomic E-state index is 12.6. The van der Waals surface area contributed by atoms with Gasteiger partial charge in [-0.25, -0.2) is 9.78 Å². The first-order chi connectivity index (χ1) is 14.1. The lowest BCUT2D eigenvalue weighted by Gasteiger charge is -2.15. The lowest BCUT2D eigenvalue weighted by atomic mass is 10.2. The number of rotatable bonds is 6. The maximum atomic E-state index is 12.6. The number of nitrogens with zero attached hydrogens (tertiary/aromatic N) is 2. The molecule has 3 aromatic rings. The van der Waals surface area contributed by atoms with Crippen LogP contribution >= 0.6 is 11.3 Å². The molecule has 1 aliphatic heterocycles. The average Bonchev–Trinajstić information content (AvgIpc) is 3.31. The summed E-state index contributed by atoms with van der Waals surface area (Å²) in [6.07, 6.45) is 0. The normalized spacial score (nSPS) is 14.0. The number of para-hydroxylation sites is 1. The van der Waals surface area contributed by atoms with Gasteiger partial charge in [-0.15, -0.1) is 11.3 Å². The van der Waals surface area contributed by atoms with Crippen LogP contribution in [-0.4, -0.2) is 53.7 Å². The summed E-state index contributed by atoms with van der Waals surface area (Å²) < 4.78 is 5.92. The largest absolute Gasteiger partial charge is 0.466 e. The Hall–Kier alpha value is -3.23. The number of nitrogens with one attached hydrogen (secondary N) is 1. The number of fused-ring (bicyclic) bond motifs is 1. The van der Waals surface area contributed by atoms with Gasteiger partial charge in [-0.2, -0.15) is 0 Å². The van der Waals surface area contributed by atoms with Gasteiger partial charge >= 0.3 is 5.97 Å². The molecular formula is C21H19N3O4S. The van der Waals surface area contributed by atoms with Crippen molar-refractivity contribution >= 4 is 39.1 Å². The zero-order chi connectivity index (χ0) is 20.4. The molecule has 2 N–H and O–H groups in total. The Balaban J connectivity index is 1.58. The molecule has 0 aliphatic carbocycles. The predicted octanol–water partition coefficient (Wildman–Crippen LogP) is 2.64. The van der Waals surface area contributed by atoms with Crippen molar-refractivity contribution in [2.24, 2.45) is 0 Å². The zero-order valence-corrected chi connectivity index (χ0v) is 16.5. The highest BCUT2D eigenvalue weighted by molar-refractivity contribution is 7.21. The molecule has 0 saturated carbocycles. The minimum atomic E-state index is -0.563. The second kappa shape index (κ2) is 8.02. The van der Waals surface area contributed by atoms with Crippen molar-refractivity contribution in [3.8, 4) is 10.6 Å². The van der Waals surface area contributed by atoms with Crippen molar-refractivity contribution in [1.29, 1.82) is 0 Å². The van der Waals surface area contributed by atoms with Crippen molar-refractivity contribution in [2.45, 2.75) is 0 Å². The summed E-state index contributed by atoms with van der Waals surface area (Å²) in [4.78, 5) is 30.7. The average molecular weight is 409 g/mol. The molecule has 1 amide bonds. The van der Waals surface area contributed by atoms with Gasteiger partial charge in [0.15, 0.2) is 0 Å². The monoisotopic (exact) mass is 409 g/mol. The number of hydrogen-bond acceptors (Lipinski definition) is 7. The van der Waals surface area contributed by atoms with E-state index in [-0.39, 0.29) is 36.9 Å². The number of aliphatic hydroxyl groups excluding tert-OH is 1. The Morgan fingerprint density at radius 1 is 1.24 bits per heavy atom. The van der Waals surface area contributed by atoms with Crippen LogP contribution in [0.1, 0.15) is 0 Å². The van der Waals surface area contributed by atoms with Gasteiger partial charge in [0.25, 0.3) is 5.91 Å². The van der Waals surface area contributed by atoms with E-state index in [0.29, 0.717) is 5.69 Å². The molecule has 0 saturated heterocycles. The zero-order valence-electron chi connectivity index (χ0n) is 15.7. The third-order valence-electron chi connectivity index (χ3n) is 4.65. The highest BCUT2D eigenvalue weighted by atomic mass is 32.1. The number of esters is 1. The minimum absolute atomic E-state index is 0.109.